The summed E-state index contributed by atoms with van der Waals surface area (Å²) >= 11 is 6.00. The Morgan fingerprint density at radius 3 is 2.08 bits per heavy atom. The Hall–Kier alpha value is -2.16. The van der Waals surface area contributed by atoms with E-state index in [1.54, 1.807) is 6.20 Å². The molecule has 1 aromatic heterocycles. The summed E-state index contributed by atoms with van der Waals surface area (Å²) in [5, 5.41) is 4.29. The van der Waals surface area contributed by atoms with E-state index in [4.69, 9.17) is 11.6 Å². The first kappa shape index (κ1) is 17.7. The molecule has 0 aliphatic heterocycles. The lowest BCUT2D eigenvalue weighted by atomic mass is 9.88. The highest BCUT2D eigenvalue weighted by Gasteiger charge is 2.13. The Morgan fingerprint density at radius 2 is 1.48 bits per heavy atom. The molecule has 0 aliphatic carbocycles. The molecule has 2 nitrogen and oxygen atoms in total. The van der Waals surface area contributed by atoms with Gasteiger partial charge in [0.15, 0.2) is 0 Å². The van der Waals surface area contributed by atoms with E-state index in [9.17, 15) is 0 Å². The fourth-order valence-corrected chi connectivity index (χ4v) is 3.25. The molecule has 1 heterocycles. The zero-order valence-corrected chi connectivity index (χ0v) is 15.0. The zero-order valence-electron chi connectivity index (χ0n) is 14.2. The summed E-state index contributed by atoms with van der Waals surface area (Å²) in [6, 6.07) is 25.2. The maximum absolute atomic E-state index is 6.00. The first-order chi connectivity index (χ1) is 12.3. The van der Waals surface area contributed by atoms with Gasteiger partial charge in [0.05, 0.1) is 0 Å². The number of benzene rings is 2. The Bertz CT molecular complexity index is 720. The number of aromatic nitrogens is 1. The lowest BCUT2D eigenvalue weighted by Crippen LogP contribution is -2.21. The second-order valence-electron chi connectivity index (χ2n) is 6.13. The van der Waals surface area contributed by atoms with Gasteiger partial charge in [-0.3, -0.25) is 4.98 Å². The molecule has 25 heavy (non-hydrogen) atoms. The lowest BCUT2D eigenvalue weighted by Gasteiger charge is -2.18. The molecule has 0 bridgehead atoms. The summed E-state index contributed by atoms with van der Waals surface area (Å²) in [7, 11) is 0. The van der Waals surface area contributed by atoms with Crippen LogP contribution < -0.4 is 5.32 Å². The van der Waals surface area contributed by atoms with Crippen molar-refractivity contribution in [2.75, 3.05) is 13.1 Å². The van der Waals surface area contributed by atoms with Crippen LogP contribution in [0.1, 0.15) is 29.2 Å². The minimum absolute atomic E-state index is 0.416. The number of rotatable bonds is 8. The van der Waals surface area contributed by atoms with Crippen molar-refractivity contribution in [2.24, 2.45) is 0 Å². The molecular formula is C22H23ClN2. The highest BCUT2D eigenvalue weighted by atomic mass is 35.5. The van der Waals surface area contributed by atoms with Crippen LogP contribution in [0.2, 0.25) is 5.02 Å². The average Bonchev–Trinajstić information content (AvgIpc) is 2.66. The van der Waals surface area contributed by atoms with Crippen molar-refractivity contribution in [1.29, 1.82) is 0 Å². The molecule has 3 rings (SSSR count). The highest BCUT2D eigenvalue weighted by molar-refractivity contribution is 6.30. The van der Waals surface area contributed by atoms with Crippen molar-refractivity contribution in [3.63, 3.8) is 0 Å². The Kier molecular flexibility index (Phi) is 6.61. The normalized spacial score (nSPS) is 11.0. The number of hydrogen-bond donors (Lipinski definition) is 1. The minimum Gasteiger partial charge on any atom is -0.316 e. The van der Waals surface area contributed by atoms with Crippen molar-refractivity contribution in [1.82, 2.24) is 10.3 Å². The third-order valence-corrected chi connectivity index (χ3v) is 4.59. The summed E-state index contributed by atoms with van der Waals surface area (Å²) in [6.07, 6.45) is 3.72. The van der Waals surface area contributed by atoms with Crippen LogP contribution in [-0.4, -0.2) is 18.1 Å². The van der Waals surface area contributed by atoms with E-state index in [-0.39, 0.29) is 0 Å². The quantitative estimate of drug-likeness (QED) is 0.572. The van der Waals surface area contributed by atoms with Gasteiger partial charge in [0.1, 0.15) is 0 Å². The molecule has 0 saturated carbocycles. The van der Waals surface area contributed by atoms with E-state index in [1.807, 2.05) is 12.1 Å². The molecule has 0 spiro atoms. The maximum Gasteiger partial charge on any atom is 0.0439 e. The minimum atomic E-state index is 0.416. The summed E-state index contributed by atoms with van der Waals surface area (Å²) in [6.45, 7) is 1.87. The van der Waals surface area contributed by atoms with Crippen LogP contribution in [0, 0.1) is 0 Å². The highest BCUT2D eigenvalue weighted by Crippen LogP contribution is 2.27. The van der Waals surface area contributed by atoms with E-state index >= 15 is 0 Å². The zero-order chi connectivity index (χ0) is 17.3. The summed E-state index contributed by atoms with van der Waals surface area (Å²) in [4.78, 5) is 4.34. The standard InChI is InChI=1S/C22H23ClN2/c23-20-11-16-25-21(17-20)12-14-24-15-13-22(18-7-3-1-4-8-18)19-9-5-2-6-10-19/h1-11,16-17,22,24H,12-15H2. The van der Waals surface area contributed by atoms with E-state index in [2.05, 4.69) is 71.0 Å². The van der Waals surface area contributed by atoms with Crippen LogP contribution in [0.25, 0.3) is 0 Å². The van der Waals surface area contributed by atoms with Crippen molar-refractivity contribution in [3.8, 4) is 0 Å². The molecule has 3 heteroatoms. The van der Waals surface area contributed by atoms with E-state index < -0.39 is 0 Å². The van der Waals surface area contributed by atoms with E-state index in [1.165, 1.54) is 11.1 Å². The first-order valence-corrected chi connectivity index (χ1v) is 9.12. The molecule has 3 aromatic rings. The van der Waals surface area contributed by atoms with Crippen molar-refractivity contribution >= 4 is 11.6 Å². The second-order valence-corrected chi connectivity index (χ2v) is 6.56. The largest absolute Gasteiger partial charge is 0.316 e. The van der Waals surface area contributed by atoms with Crippen molar-refractivity contribution < 1.29 is 0 Å². The number of hydrogen-bond acceptors (Lipinski definition) is 2. The van der Waals surface area contributed by atoms with Crippen molar-refractivity contribution in [2.45, 2.75) is 18.8 Å². The molecule has 0 aliphatic rings. The van der Waals surface area contributed by atoms with Crippen LogP contribution in [0.4, 0.5) is 0 Å². The van der Waals surface area contributed by atoms with Crippen LogP contribution >= 0.6 is 11.6 Å². The Labute approximate surface area is 154 Å². The molecule has 0 radical (unpaired) electrons. The number of pyridine rings is 1. The Morgan fingerprint density at radius 1 is 0.840 bits per heavy atom. The molecule has 1 N–H and O–H groups in total. The third kappa shape index (κ3) is 5.42. The van der Waals surface area contributed by atoms with Crippen LogP contribution in [0.15, 0.2) is 79.0 Å². The topological polar surface area (TPSA) is 24.9 Å². The molecular weight excluding hydrogens is 328 g/mol. The SMILES string of the molecule is Clc1ccnc(CCNCCC(c2ccccc2)c2ccccc2)c1. The van der Waals surface area contributed by atoms with Gasteiger partial charge < -0.3 is 5.32 Å². The average molecular weight is 351 g/mol. The van der Waals surface area contributed by atoms with Gasteiger partial charge >= 0.3 is 0 Å². The second kappa shape index (κ2) is 9.36. The number of nitrogens with one attached hydrogen (secondary N) is 1. The van der Waals surface area contributed by atoms with Crippen LogP contribution in [-0.2, 0) is 6.42 Å². The summed E-state index contributed by atoms with van der Waals surface area (Å²) in [5.41, 5.74) is 3.77. The summed E-state index contributed by atoms with van der Waals surface area (Å²) in [5.74, 6) is 0.416. The fraction of sp³-hybridized carbons (Fsp3) is 0.227. The van der Waals surface area contributed by atoms with Crippen molar-refractivity contribution in [3.05, 3.63) is 101 Å². The first-order valence-electron chi connectivity index (χ1n) is 8.74. The molecule has 2 aromatic carbocycles. The van der Waals surface area contributed by atoms with Crippen LogP contribution in [0.5, 0.6) is 0 Å². The number of nitrogens with zero attached hydrogens (tertiary/aromatic N) is 1. The molecule has 0 amide bonds. The molecule has 0 atom stereocenters. The van der Waals surface area contributed by atoms with Gasteiger partial charge in [-0.2, -0.15) is 0 Å². The summed E-state index contributed by atoms with van der Waals surface area (Å²) < 4.78 is 0. The van der Waals surface area contributed by atoms with Gasteiger partial charge in [-0.25, -0.2) is 0 Å². The third-order valence-electron chi connectivity index (χ3n) is 4.35. The predicted molar refractivity (Wildman–Crippen MR) is 105 cm³/mol. The van der Waals surface area contributed by atoms with E-state index in [0.29, 0.717) is 5.92 Å². The van der Waals surface area contributed by atoms with E-state index in [0.717, 1.165) is 36.6 Å². The molecule has 0 unspecified atom stereocenters. The smallest absolute Gasteiger partial charge is 0.0439 e. The maximum atomic E-state index is 6.00. The van der Waals surface area contributed by atoms with Gasteiger partial charge in [-0.1, -0.05) is 72.3 Å². The number of halogens is 1. The lowest BCUT2D eigenvalue weighted by molar-refractivity contribution is 0.609. The van der Waals surface area contributed by atoms with Gasteiger partial charge in [-0.05, 0) is 36.2 Å². The van der Waals surface area contributed by atoms with Crippen LogP contribution in [0.3, 0.4) is 0 Å². The van der Waals surface area contributed by atoms with Gasteiger partial charge in [0.25, 0.3) is 0 Å². The van der Waals surface area contributed by atoms with Gasteiger partial charge in [-0.15, -0.1) is 0 Å². The molecule has 0 fully saturated rings. The van der Waals surface area contributed by atoms with Gasteiger partial charge in [0.2, 0.25) is 0 Å². The monoisotopic (exact) mass is 350 g/mol. The van der Waals surface area contributed by atoms with Gasteiger partial charge in [0, 0.05) is 35.8 Å². The molecule has 0 saturated heterocycles. The molecule has 128 valence electrons. The fourth-order valence-electron chi connectivity index (χ4n) is 3.07. The predicted octanol–water partition coefficient (Wildman–Crippen LogP) is 5.09. The Balaban J connectivity index is 1.55.